The lowest BCUT2D eigenvalue weighted by Crippen LogP contribution is -2.53. The highest BCUT2D eigenvalue weighted by atomic mass is 16.6. The zero-order valence-electron chi connectivity index (χ0n) is 13.6. The molecule has 5 heteroatoms. The lowest BCUT2D eigenvalue weighted by molar-refractivity contribution is 0.0470. The van der Waals surface area contributed by atoms with E-state index >= 15 is 0 Å². The van der Waals surface area contributed by atoms with Crippen molar-refractivity contribution < 1.29 is 9.53 Å². The van der Waals surface area contributed by atoms with E-state index in [-0.39, 0.29) is 11.6 Å². The van der Waals surface area contributed by atoms with E-state index in [0.717, 1.165) is 26.1 Å². The lowest BCUT2D eigenvalue weighted by atomic mass is 10.0. The van der Waals surface area contributed by atoms with Crippen molar-refractivity contribution in [2.24, 2.45) is 0 Å². The maximum atomic E-state index is 11.8. The van der Waals surface area contributed by atoms with Crippen LogP contribution >= 0.6 is 0 Å². The van der Waals surface area contributed by atoms with Gasteiger partial charge in [-0.1, -0.05) is 0 Å². The van der Waals surface area contributed by atoms with Crippen LogP contribution in [0, 0.1) is 0 Å². The van der Waals surface area contributed by atoms with Crippen LogP contribution in [0.1, 0.15) is 53.9 Å². The van der Waals surface area contributed by atoms with Crippen molar-refractivity contribution in [2.75, 3.05) is 19.6 Å². The fourth-order valence-electron chi connectivity index (χ4n) is 2.25. The van der Waals surface area contributed by atoms with E-state index in [1.807, 2.05) is 34.6 Å². The Bertz CT molecular complexity index is 303. The summed E-state index contributed by atoms with van der Waals surface area (Å²) in [7, 11) is 0. The third kappa shape index (κ3) is 7.70. The van der Waals surface area contributed by atoms with Gasteiger partial charge in [-0.05, 0) is 67.0 Å². The van der Waals surface area contributed by atoms with E-state index in [9.17, 15) is 4.79 Å². The van der Waals surface area contributed by atoms with Crippen LogP contribution in [0.4, 0.5) is 4.79 Å². The smallest absolute Gasteiger partial charge is 0.408 e. The molecule has 0 aliphatic carbocycles. The number of alkyl carbamates (subject to hydrolysis) is 1. The molecule has 1 aliphatic rings. The normalized spacial score (nSPS) is 21.1. The van der Waals surface area contributed by atoms with Crippen LogP contribution in [0.3, 0.4) is 0 Å². The quantitative estimate of drug-likeness (QED) is 0.739. The fourth-order valence-corrected chi connectivity index (χ4v) is 2.25. The topological polar surface area (TPSA) is 62.4 Å². The molecule has 1 aliphatic heterocycles. The lowest BCUT2D eigenvalue weighted by Gasteiger charge is -2.30. The molecule has 0 spiro atoms. The van der Waals surface area contributed by atoms with Crippen molar-refractivity contribution in [1.29, 1.82) is 0 Å². The van der Waals surface area contributed by atoms with Crippen molar-refractivity contribution in [1.82, 2.24) is 16.0 Å². The van der Waals surface area contributed by atoms with Gasteiger partial charge in [-0.25, -0.2) is 4.79 Å². The number of carbonyl (C=O) groups is 1. The van der Waals surface area contributed by atoms with E-state index < -0.39 is 5.60 Å². The average Bonchev–Trinajstić information content (AvgIpc) is 2.51. The summed E-state index contributed by atoms with van der Waals surface area (Å²) in [6, 6.07) is 0.532. The molecule has 0 bridgehead atoms. The van der Waals surface area contributed by atoms with E-state index in [4.69, 9.17) is 4.74 Å². The minimum Gasteiger partial charge on any atom is -0.444 e. The molecule has 0 saturated carbocycles. The Morgan fingerprint density at radius 2 is 1.90 bits per heavy atom. The number of carbonyl (C=O) groups excluding carboxylic acids is 1. The van der Waals surface area contributed by atoms with Gasteiger partial charge in [0, 0.05) is 12.6 Å². The summed E-state index contributed by atoms with van der Waals surface area (Å²) in [5.74, 6) is 0. The maximum Gasteiger partial charge on any atom is 0.408 e. The van der Waals surface area contributed by atoms with Crippen LogP contribution < -0.4 is 16.0 Å². The standard InChI is InChI=1S/C15H31N3O2/c1-14(2,3)20-13(19)18-15(4,5)11-17-12-7-6-9-16-10-8-12/h12,16-17H,6-11H2,1-5H3,(H,18,19). The van der Waals surface area contributed by atoms with Crippen LogP contribution in [0.5, 0.6) is 0 Å². The Balaban J connectivity index is 2.34. The number of nitrogens with one attached hydrogen (secondary N) is 3. The summed E-state index contributed by atoms with van der Waals surface area (Å²) in [6.07, 6.45) is 3.18. The minimum atomic E-state index is -0.458. The second-order valence-electron chi connectivity index (χ2n) is 7.27. The SMILES string of the molecule is CC(C)(CNC1CCCNCC1)NC(=O)OC(C)(C)C. The van der Waals surface area contributed by atoms with Gasteiger partial charge in [-0.15, -0.1) is 0 Å². The summed E-state index contributed by atoms with van der Waals surface area (Å²) < 4.78 is 5.30. The number of ether oxygens (including phenoxy) is 1. The Morgan fingerprint density at radius 3 is 2.55 bits per heavy atom. The Hall–Kier alpha value is -0.810. The van der Waals surface area contributed by atoms with Crippen molar-refractivity contribution in [3.8, 4) is 0 Å². The van der Waals surface area contributed by atoms with Gasteiger partial charge >= 0.3 is 6.09 Å². The van der Waals surface area contributed by atoms with Crippen molar-refractivity contribution in [3.63, 3.8) is 0 Å². The van der Waals surface area contributed by atoms with Crippen molar-refractivity contribution in [3.05, 3.63) is 0 Å². The first-order chi connectivity index (χ1) is 9.18. The summed E-state index contributed by atoms with van der Waals surface area (Å²) in [5.41, 5.74) is -0.775. The van der Waals surface area contributed by atoms with Crippen LogP contribution in [0.15, 0.2) is 0 Å². The Morgan fingerprint density at radius 1 is 1.20 bits per heavy atom. The molecule has 0 aromatic carbocycles. The van der Waals surface area contributed by atoms with Crippen molar-refractivity contribution in [2.45, 2.75) is 71.1 Å². The first-order valence-corrected chi connectivity index (χ1v) is 7.63. The molecule has 5 nitrogen and oxygen atoms in total. The number of rotatable bonds is 4. The number of hydrogen-bond donors (Lipinski definition) is 3. The van der Waals surface area contributed by atoms with Gasteiger partial charge in [0.05, 0.1) is 5.54 Å². The predicted molar refractivity (Wildman–Crippen MR) is 82.0 cm³/mol. The molecule has 118 valence electrons. The number of hydrogen-bond acceptors (Lipinski definition) is 4. The number of amides is 1. The molecular formula is C15H31N3O2. The summed E-state index contributed by atoms with van der Waals surface area (Å²) in [6.45, 7) is 12.6. The molecule has 0 aromatic heterocycles. The monoisotopic (exact) mass is 285 g/mol. The molecule has 1 fully saturated rings. The van der Waals surface area contributed by atoms with Crippen molar-refractivity contribution >= 4 is 6.09 Å². The molecule has 3 N–H and O–H groups in total. The third-order valence-electron chi connectivity index (χ3n) is 3.25. The van der Waals surface area contributed by atoms with Gasteiger partial charge in [0.25, 0.3) is 0 Å². The highest BCUT2D eigenvalue weighted by molar-refractivity contribution is 5.68. The maximum absolute atomic E-state index is 11.8. The van der Waals surface area contributed by atoms with E-state index in [1.165, 1.54) is 12.8 Å². The summed E-state index contributed by atoms with van der Waals surface area (Å²) in [5, 5.41) is 9.89. The minimum absolute atomic E-state index is 0.317. The van der Waals surface area contributed by atoms with E-state index in [2.05, 4.69) is 16.0 Å². The second-order valence-corrected chi connectivity index (χ2v) is 7.27. The third-order valence-corrected chi connectivity index (χ3v) is 3.25. The molecule has 1 rings (SSSR count). The van der Waals surface area contributed by atoms with Crippen LogP contribution in [0.2, 0.25) is 0 Å². The highest BCUT2D eigenvalue weighted by Gasteiger charge is 2.25. The molecule has 0 aromatic rings. The van der Waals surface area contributed by atoms with Gasteiger partial charge < -0.3 is 20.7 Å². The fraction of sp³-hybridized carbons (Fsp3) is 0.933. The molecule has 1 heterocycles. The molecule has 20 heavy (non-hydrogen) atoms. The van der Waals surface area contributed by atoms with E-state index in [0.29, 0.717) is 6.04 Å². The Labute approximate surface area is 123 Å². The first-order valence-electron chi connectivity index (χ1n) is 7.63. The summed E-state index contributed by atoms with van der Waals surface area (Å²) >= 11 is 0. The predicted octanol–water partition coefficient (Wildman–Crippen LogP) is 2.02. The van der Waals surface area contributed by atoms with Gasteiger partial charge in [0.15, 0.2) is 0 Å². The van der Waals surface area contributed by atoms with Gasteiger partial charge in [0.2, 0.25) is 0 Å². The van der Waals surface area contributed by atoms with E-state index in [1.54, 1.807) is 0 Å². The zero-order valence-corrected chi connectivity index (χ0v) is 13.6. The molecule has 1 atom stereocenters. The Kier molecular flexibility index (Phi) is 6.27. The van der Waals surface area contributed by atoms with Gasteiger partial charge in [0.1, 0.15) is 5.60 Å². The van der Waals surface area contributed by atoms with Gasteiger partial charge in [-0.2, -0.15) is 0 Å². The van der Waals surface area contributed by atoms with Gasteiger partial charge in [-0.3, -0.25) is 0 Å². The highest BCUT2D eigenvalue weighted by Crippen LogP contribution is 2.10. The summed E-state index contributed by atoms with van der Waals surface area (Å²) in [4.78, 5) is 11.8. The zero-order chi connectivity index (χ0) is 15.2. The molecule has 1 unspecified atom stereocenters. The molecule has 1 saturated heterocycles. The molecular weight excluding hydrogens is 254 g/mol. The molecule has 1 amide bonds. The average molecular weight is 285 g/mol. The molecule has 0 radical (unpaired) electrons. The van der Waals surface area contributed by atoms with Crippen LogP contribution in [-0.4, -0.2) is 42.9 Å². The second kappa shape index (κ2) is 7.27. The van der Waals surface area contributed by atoms with Crippen LogP contribution in [-0.2, 0) is 4.74 Å². The first kappa shape index (κ1) is 17.2. The van der Waals surface area contributed by atoms with Crippen LogP contribution in [0.25, 0.3) is 0 Å². The largest absolute Gasteiger partial charge is 0.444 e.